The maximum Gasteiger partial charge on any atom is 0.341 e. The number of fused-ring (bicyclic) bond motifs is 1. The number of anilines is 1. The van der Waals surface area contributed by atoms with Gasteiger partial charge in [0.15, 0.2) is 0 Å². The molecule has 0 atom stereocenters. The number of esters is 1. The van der Waals surface area contributed by atoms with Crippen molar-refractivity contribution in [3.05, 3.63) is 52.5 Å². The van der Waals surface area contributed by atoms with E-state index in [9.17, 15) is 4.79 Å². The predicted molar refractivity (Wildman–Crippen MR) is 95.5 cm³/mol. The van der Waals surface area contributed by atoms with E-state index in [4.69, 9.17) is 15.2 Å². The van der Waals surface area contributed by atoms with E-state index in [-0.39, 0.29) is 5.97 Å². The fourth-order valence-corrected chi connectivity index (χ4v) is 3.52. The zero-order valence-electron chi connectivity index (χ0n) is 13.5. The van der Waals surface area contributed by atoms with Gasteiger partial charge in [-0.3, -0.25) is 0 Å². The van der Waals surface area contributed by atoms with Gasteiger partial charge in [0.2, 0.25) is 0 Å². The third kappa shape index (κ3) is 3.19. The molecule has 0 unspecified atom stereocenters. The van der Waals surface area contributed by atoms with Crippen molar-refractivity contribution in [2.45, 2.75) is 20.5 Å². The molecule has 0 bridgehead atoms. The summed E-state index contributed by atoms with van der Waals surface area (Å²) in [7, 11) is 0. The van der Waals surface area contributed by atoms with Crippen molar-refractivity contribution in [2.24, 2.45) is 0 Å². The molecule has 3 aromatic rings. The highest BCUT2D eigenvalue weighted by Gasteiger charge is 2.18. The van der Waals surface area contributed by atoms with Crippen LogP contribution in [0.3, 0.4) is 0 Å². The lowest BCUT2D eigenvalue weighted by Crippen LogP contribution is -2.06. The molecular formula is C18H18N2O3S. The van der Waals surface area contributed by atoms with Crippen LogP contribution in [0, 0.1) is 6.92 Å². The van der Waals surface area contributed by atoms with Crippen molar-refractivity contribution in [1.82, 2.24) is 4.98 Å². The van der Waals surface area contributed by atoms with Crippen LogP contribution < -0.4 is 10.5 Å². The lowest BCUT2D eigenvalue weighted by molar-refractivity contribution is 0.0528. The molecule has 2 aromatic heterocycles. The predicted octanol–water partition coefficient (Wildman–Crippen LogP) is 3.94. The quantitative estimate of drug-likeness (QED) is 0.711. The molecule has 24 heavy (non-hydrogen) atoms. The average molecular weight is 342 g/mol. The van der Waals surface area contributed by atoms with Crippen LogP contribution in [-0.2, 0) is 11.3 Å². The van der Waals surface area contributed by atoms with Gasteiger partial charge in [0.25, 0.3) is 0 Å². The number of pyridine rings is 1. The number of ether oxygens (including phenoxy) is 2. The first-order chi connectivity index (χ1) is 11.6. The average Bonchev–Trinajstić information content (AvgIpc) is 2.98. The van der Waals surface area contributed by atoms with Crippen LogP contribution >= 0.6 is 11.3 Å². The third-order valence-electron chi connectivity index (χ3n) is 3.58. The number of carbonyl (C=O) groups is 1. The molecule has 0 spiro atoms. The summed E-state index contributed by atoms with van der Waals surface area (Å²) in [5.41, 5.74) is 8.51. The highest BCUT2D eigenvalue weighted by molar-refractivity contribution is 7.17. The van der Waals surface area contributed by atoms with Crippen molar-refractivity contribution in [2.75, 3.05) is 12.3 Å². The van der Waals surface area contributed by atoms with Gasteiger partial charge in [-0.1, -0.05) is 12.1 Å². The maximum atomic E-state index is 12.1. The number of aryl methyl sites for hydroxylation is 1. The van der Waals surface area contributed by atoms with E-state index in [1.54, 1.807) is 6.92 Å². The molecule has 5 nitrogen and oxygen atoms in total. The molecule has 0 amide bonds. The molecular weight excluding hydrogens is 324 g/mol. The molecule has 2 N–H and O–H groups in total. The highest BCUT2D eigenvalue weighted by Crippen LogP contribution is 2.33. The number of hydrogen-bond acceptors (Lipinski definition) is 6. The Labute approximate surface area is 144 Å². The fourth-order valence-electron chi connectivity index (χ4n) is 2.46. The zero-order valence-corrected chi connectivity index (χ0v) is 14.4. The summed E-state index contributed by atoms with van der Waals surface area (Å²) in [5, 5.41) is 2.71. The Morgan fingerprint density at radius 3 is 2.96 bits per heavy atom. The van der Waals surface area contributed by atoms with Crippen molar-refractivity contribution in [1.29, 1.82) is 0 Å². The van der Waals surface area contributed by atoms with Crippen LogP contribution in [0.1, 0.15) is 28.4 Å². The Balaban J connectivity index is 1.92. The number of nitrogen functional groups attached to an aromatic ring is 1. The lowest BCUT2D eigenvalue weighted by atomic mass is 10.1. The number of carbonyl (C=O) groups excluding carboxylic acids is 1. The largest absolute Gasteiger partial charge is 0.489 e. The Morgan fingerprint density at radius 1 is 1.38 bits per heavy atom. The Bertz CT molecular complexity index is 889. The summed E-state index contributed by atoms with van der Waals surface area (Å²) in [6.45, 7) is 4.47. The molecule has 1 aromatic carbocycles. The summed E-state index contributed by atoms with van der Waals surface area (Å²) in [6, 6.07) is 7.85. The van der Waals surface area contributed by atoms with Gasteiger partial charge < -0.3 is 15.2 Å². The van der Waals surface area contributed by atoms with Gasteiger partial charge in [-0.2, -0.15) is 0 Å². The Hall–Kier alpha value is -2.60. The van der Waals surface area contributed by atoms with E-state index in [0.717, 1.165) is 27.0 Å². The monoisotopic (exact) mass is 342 g/mol. The van der Waals surface area contributed by atoms with Crippen LogP contribution in [0.5, 0.6) is 5.75 Å². The number of hydrogen-bond donors (Lipinski definition) is 1. The van der Waals surface area contributed by atoms with E-state index >= 15 is 0 Å². The first-order valence-corrected chi connectivity index (χ1v) is 8.49. The molecule has 0 aliphatic heterocycles. The molecule has 0 aliphatic carbocycles. The van der Waals surface area contributed by atoms with Gasteiger partial charge in [0.05, 0.1) is 16.9 Å². The van der Waals surface area contributed by atoms with Crippen LogP contribution in [0.2, 0.25) is 0 Å². The summed E-state index contributed by atoms with van der Waals surface area (Å²) >= 11 is 1.45. The molecule has 2 heterocycles. The second-order valence-corrected chi connectivity index (χ2v) is 6.23. The Morgan fingerprint density at radius 2 is 2.21 bits per heavy atom. The third-order valence-corrected chi connectivity index (χ3v) is 4.64. The van der Waals surface area contributed by atoms with Gasteiger partial charge in [0.1, 0.15) is 18.2 Å². The fraction of sp³-hybridized carbons (Fsp3) is 0.222. The molecule has 0 saturated heterocycles. The molecule has 3 rings (SSSR count). The Kier molecular flexibility index (Phi) is 4.66. The van der Waals surface area contributed by atoms with Crippen molar-refractivity contribution in [3.63, 3.8) is 0 Å². The van der Waals surface area contributed by atoms with Gasteiger partial charge in [-0.15, -0.1) is 11.3 Å². The van der Waals surface area contributed by atoms with E-state index < -0.39 is 0 Å². The van der Waals surface area contributed by atoms with Crippen LogP contribution in [0.15, 0.2) is 35.8 Å². The van der Waals surface area contributed by atoms with E-state index in [1.165, 1.54) is 17.5 Å². The van der Waals surface area contributed by atoms with Crippen molar-refractivity contribution < 1.29 is 14.3 Å². The van der Waals surface area contributed by atoms with Gasteiger partial charge in [0, 0.05) is 17.1 Å². The first-order valence-electron chi connectivity index (χ1n) is 7.61. The first kappa shape index (κ1) is 16.3. The minimum absolute atomic E-state index is 0.319. The number of thiophene rings is 1. The van der Waals surface area contributed by atoms with Crippen molar-refractivity contribution in [3.8, 4) is 5.75 Å². The van der Waals surface area contributed by atoms with Gasteiger partial charge >= 0.3 is 5.97 Å². The van der Waals surface area contributed by atoms with Gasteiger partial charge in [-0.05, 0) is 36.9 Å². The molecule has 0 fully saturated rings. The van der Waals surface area contributed by atoms with Gasteiger partial charge in [-0.25, -0.2) is 9.78 Å². The van der Waals surface area contributed by atoms with E-state index in [0.29, 0.717) is 24.6 Å². The lowest BCUT2D eigenvalue weighted by Gasteiger charge is -2.08. The minimum atomic E-state index is -0.386. The summed E-state index contributed by atoms with van der Waals surface area (Å²) in [6.07, 6.45) is 1.47. The summed E-state index contributed by atoms with van der Waals surface area (Å²) < 4.78 is 11.7. The van der Waals surface area contributed by atoms with Crippen LogP contribution in [0.25, 0.3) is 10.1 Å². The number of benzene rings is 1. The second kappa shape index (κ2) is 6.88. The highest BCUT2D eigenvalue weighted by atomic mass is 32.1. The smallest absolute Gasteiger partial charge is 0.341 e. The van der Waals surface area contributed by atoms with E-state index in [2.05, 4.69) is 4.98 Å². The zero-order chi connectivity index (χ0) is 17.1. The van der Waals surface area contributed by atoms with E-state index in [1.807, 2.05) is 36.6 Å². The van der Waals surface area contributed by atoms with Crippen LogP contribution in [0.4, 0.5) is 5.82 Å². The molecule has 6 heteroatoms. The molecule has 0 radical (unpaired) electrons. The summed E-state index contributed by atoms with van der Waals surface area (Å²) in [5.74, 6) is 0.799. The SMILES string of the molecule is CCOC(=O)c1cnc(N)c2c(COc3cccc(C)c3)csc12. The number of nitrogens with zero attached hydrogens (tertiary/aromatic N) is 1. The van der Waals surface area contributed by atoms with Crippen LogP contribution in [-0.4, -0.2) is 17.6 Å². The molecule has 124 valence electrons. The number of nitrogens with two attached hydrogens (primary N) is 1. The molecule has 0 saturated carbocycles. The minimum Gasteiger partial charge on any atom is -0.489 e. The number of rotatable bonds is 5. The summed E-state index contributed by atoms with van der Waals surface area (Å²) in [4.78, 5) is 16.2. The standard InChI is InChI=1S/C18H18N2O3S/c1-3-22-18(21)14-8-20-17(19)15-12(10-24-16(14)15)9-23-13-6-4-5-11(2)7-13/h4-8,10H,3,9H2,1-2H3,(H2,19,20). The maximum absolute atomic E-state index is 12.1. The normalized spacial score (nSPS) is 10.8. The van der Waals surface area contributed by atoms with Crippen molar-refractivity contribution >= 4 is 33.2 Å². The molecule has 0 aliphatic rings. The number of aromatic nitrogens is 1. The topological polar surface area (TPSA) is 74.4 Å². The second-order valence-electron chi connectivity index (χ2n) is 5.35.